The molecular weight excluding hydrogens is 434 g/mol. The van der Waals surface area contributed by atoms with Crippen molar-refractivity contribution in [3.63, 3.8) is 0 Å². The summed E-state index contributed by atoms with van der Waals surface area (Å²) in [5.41, 5.74) is 3.99. The molecule has 0 saturated carbocycles. The van der Waals surface area contributed by atoms with Gasteiger partial charge < -0.3 is 14.4 Å². The molecule has 1 aliphatic heterocycles. The van der Waals surface area contributed by atoms with Gasteiger partial charge in [-0.2, -0.15) is 5.10 Å². The maximum absolute atomic E-state index is 13.7. The Hall–Kier alpha value is -3.58. The molecule has 33 heavy (non-hydrogen) atoms. The lowest BCUT2D eigenvalue weighted by Crippen LogP contribution is -2.40. The lowest BCUT2D eigenvalue weighted by molar-refractivity contribution is 0.0696. The second-order valence-corrected chi connectivity index (χ2v) is 8.96. The Labute approximate surface area is 197 Å². The largest absolute Gasteiger partial charge is 0.493 e. The van der Waals surface area contributed by atoms with Crippen LogP contribution in [0.4, 0.5) is 0 Å². The molecule has 2 aromatic heterocycles. The minimum atomic E-state index is -0.182. The molecule has 0 aliphatic carbocycles. The maximum atomic E-state index is 13.7. The number of methoxy groups -OCH3 is 2. The van der Waals surface area contributed by atoms with E-state index in [1.54, 1.807) is 31.8 Å². The number of ether oxygens (including phenoxy) is 2. The molecule has 5 rings (SSSR count). The molecule has 1 atom stereocenters. The average Bonchev–Trinajstić information content (AvgIpc) is 3.55. The number of thiophene rings is 1. The first-order valence-electron chi connectivity index (χ1n) is 10.8. The molecule has 0 bridgehead atoms. The van der Waals surface area contributed by atoms with Crippen LogP contribution in [0.3, 0.4) is 0 Å². The summed E-state index contributed by atoms with van der Waals surface area (Å²) >= 11 is 1.65. The van der Waals surface area contributed by atoms with Gasteiger partial charge in [-0.25, -0.2) is 0 Å². The summed E-state index contributed by atoms with van der Waals surface area (Å²) in [5.74, 6) is 1.36. The zero-order valence-electron chi connectivity index (χ0n) is 18.6. The highest BCUT2D eigenvalue weighted by Crippen LogP contribution is 2.42. The topological polar surface area (TPSA) is 56.6 Å². The molecule has 1 aliphatic rings. The van der Waals surface area contributed by atoms with Crippen molar-refractivity contribution in [3.05, 3.63) is 99.5 Å². The third kappa shape index (κ3) is 4.12. The van der Waals surface area contributed by atoms with Crippen molar-refractivity contribution >= 4 is 17.2 Å². The Bertz CT molecular complexity index is 1250. The number of amides is 1. The van der Waals surface area contributed by atoms with Gasteiger partial charge in [0, 0.05) is 17.6 Å². The van der Waals surface area contributed by atoms with Gasteiger partial charge in [0.15, 0.2) is 11.5 Å². The summed E-state index contributed by atoms with van der Waals surface area (Å²) in [5, 5.41) is 6.49. The van der Waals surface area contributed by atoms with Gasteiger partial charge in [0.2, 0.25) is 0 Å². The van der Waals surface area contributed by atoms with Crippen molar-refractivity contribution in [1.29, 1.82) is 0 Å². The fraction of sp³-hybridized carbons (Fsp3) is 0.231. The molecule has 3 heterocycles. The van der Waals surface area contributed by atoms with Crippen LogP contribution in [-0.2, 0) is 13.0 Å². The number of rotatable bonds is 6. The minimum absolute atomic E-state index is 0.0202. The monoisotopic (exact) mass is 459 g/mol. The SMILES string of the molecule is COc1cc2c(cc1OC)C(c1cccs1)N(C(=O)c1cnn(Cc3ccccc3)c1)CC2. The molecule has 6 nitrogen and oxygen atoms in total. The van der Waals surface area contributed by atoms with E-state index in [4.69, 9.17) is 9.47 Å². The predicted molar refractivity (Wildman–Crippen MR) is 128 cm³/mol. The lowest BCUT2D eigenvalue weighted by Gasteiger charge is -2.37. The van der Waals surface area contributed by atoms with E-state index in [0.717, 1.165) is 22.4 Å². The molecule has 7 heteroatoms. The number of hydrogen-bond donors (Lipinski definition) is 0. The standard InChI is InChI=1S/C26H25N3O3S/c1-31-22-13-19-10-11-29(25(24-9-6-12-33-24)21(19)14-23(22)32-2)26(30)20-15-27-28(17-20)16-18-7-4-3-5-8-18/h3-9,12-15,17,25H,10-11,16H2,1-2H3. The number of nitrogens with zero attached hydrogens (tertiary/aromatic N) is 3. The van der Waals surface area contributed by atoms with Crippen LogP contribution in [0, 0.1) is 0 Å². The Morgan fingerprint density at radius 2 is 1.88 bits per heavy atom. The Morgan fingerprint density at radius 3 is 2.61 bits per heavy atom. The second-order valence-electron chi connectivity index (χ2n) is 7.98. The van der Waals surface area contributed by atoms with Crippen LogP contribution in [0.2, 0.25) is 0 Å². The van der Waals surface area contributed by atoms with E-state index in [0.29, 0.717) is 30.2 Å². The van der Waals surface area contributed by atoms with Crippen molar-refractivity contribution in [2.24, 2.45) is 0 Å². The third-order valence-electron chi connectivity index (χ3n) is 6.01. The van der Waals surface area contributed by atoms with Crippen molar-refractivity contribution in [2.75, 3.05) is 20.8 Å². The molecule has 0 fully saturated rings. The number of carbonyl (C=O) groups excluding carboxylic acids is 1. The number of carbonyl (C=O) groups is 1. The van der Waals surface area contributed by atoms with Gasteiger partial charge in [0.25, 0.3) is 5.91 Å². The van der Waals surface area contributed by atoms with E-state index in [1.165, 1.54) is 5.56 Å². The molecule has 0 spiro atoms. The lowest BCUT2D eigenvalue weighted by atomic mass is 9.90. The fourth-order valence-corrected chi connectivity index (χ4v) is 5.27. The molecule has 168 valence electrons. The Balaban J connectivity index is 1.48. The zero-order chi connectivity index (χ0) is 22.8. The smallest absolute Gasteiger partial charge is 0.257 e. The summed E-state index contributed by atoms with van der Waals surface area (Å²) in [6.07, 6.45) is 4.26. The maximum Gasteiger partial charge on any atom is 0.257 e. The first kappa shape index (κ1) is 21.3. The first-order chi connectivity index (χ1) is 16.2. The summed E-state index contributed by atoms with van der Waals surface area (Å²) in [7, 11) is 3.28. The minimum Gasteiger partial charge on any atom is -0.493 e. The van der Waals surface area contributed by atoms with Crippen molar-refractivity contribution in [3.8, 4) is 11.5 Å². The highest BCUT2D eigenvalue weighted by Gasteiger charge is 2.34. The summed E-state index contributed by atoms with van der Waals surface area (Å²) in [4.78, 5) is 16.7. The van der Waals surface area contributed by atoms with Crippen LogP contribution >= 0.6 is 11.3 Å². The summed E-state index contributed by atoms with van der Waals surface area (Å²) in [6, 6.07) is 18.1. The molecule has 0 N–H and O–H groups in total. The number of benzene rings is 2. The second kappa shape index (κ2) is 9.11. The van der Waals surface area contributed by atoms with Crippen molar-refractivity contribution in [2.45, 2.75) is 19.0 Å². The highest BCUT2D eigenvalue weighted by atomic mass is 32.1. The molecule has 2 aromatic carbocycles. The van der Waals surface area contributed by atoms with E-state index in [1.807, 2.05) is 57.6 Å². The number of aromatic nitrogens is 2. The van der Waals surface area contributed by atoms with Gasteiger partial charge in [-0.05, 0) is 46.7 Å². The van der Waals surface area contributed by atoms with Crippen LogP contribution in [0.1, 0.15) is 38.0 Å². The molecular formula is C26H25N3O3S. The molecule has 0 radical (unpaired) electrons. The quantitative estimate of drug-likeness (QED) is 0.416. The van der Waals surface area contributed by atoms with E-state index in [9.17, 15) is 4.79 Å². The van der Waals surface area contributed by atoms with Crippen LogP contribution in [-0.4, -0.2) is 41.4 Å². The fourth-order valence-electron chi connectivity index (χ4n) is 4.42. The molecule has 0 saturated heterocycles. The van der Waals surface area contributed by atoms with Gasteiger partial charge in [0.1, 0.15) is 0 Å². The van der Waals surface area contributed by atoms with E-state index in [-0.39, 0.29) is 11.9 Å². The van der Waals surface area contributed by atoms with E-state index in [2.05, 4.69) is 23.3 Å². The van der Waals surface area contributed by atoms with Crippen molar-refractivity contribution in [1.82, 2.24) is 14.7 Å². The van der Waals surface area contributed by atoms with Gasteiger partial charge >= 0.3 is 0 Å². The van der Waals surface area contributed by atoms with Crippen LogP contribution < -0.4 is 9.47 Å². The summed E-state index contributed by atoms with van der Waals surface area (Å²) in [6.45, 7) is 1.25. The number of fused-ring (bicyclic) bond motifs is 1. The van der Waals surface area contributed by atoms with E-state index >= 15 is 0 Å². The van der Waals surface area contributed by atoms with Gasteiger partial charge in [0.05, 0.1) is 38.6 Å². The molecule has 1 unspecified atom stereocenters. The highest BCUT2D eigenvalue weighted by molar-refractivity contribution is 7.10. The van der Waals surface area contributed by atoms with Gasteiger partial charge in [-0.1, -0.05) is 36.4 Å². The van der Waals surface area contributed by atoms with Gasteiger partial charge in [-0.3, -0.25) is 9.48 Å². The summed E-state index contributed by atoms with van der Waals surface area (Å²) < 4.78 is 12.9. The van der Waals surface area contributed by atoms with Crippen LogP contribution in [0.15, 0.2) is 72.4 Å². The third-order valence-corrected chi connectivity index (χ3v) is 6.94. The molecule has 1 amide bonds. The Kier molecular flexibility index (Phi) is 5.88. The van der Waals surface area contributed by atoms with Gasteiger partial charge in [-0.15, -0.1) is 11.3 Å². The average molecular weight is 460 g/mol. The predicted octanol–water partition coefficient (Wildman–Crippen LogP) is 4.80. The van der Waals surface area contributed by atoms with Crippen molar-refractivity contribution < 1.29 is 14.3 Å². The van der Waals surface area contributed by atoms with E-state index < -0.39 is 0 Å². The normalized spacial score (nSPS) is 15.2. The van der Waals surface area contributed by atoms with Crippen LogP contribution in [0.25, 0.3) is 0 Å². The van der Waals surface area contributed by atoms with Crippen LogP contribution in [0.5, 0.6) is 11.5 Å². The molecule has 4 aromatic rings. The first-order valence-corrected chi connectivity index (χ1v) is 11.7. The zero-order valence-corrected chi connectivity index (χ0v) is 19.4. The number of hydrogen-bond acceptors (Lipinski definition) is 5. The Morgan fingerprint density at radius 1 is 1.09 bits per heavy atom.